The molecule has 0 aromatic carbocycles. The Labute approximate surface area is 110 Å². The molecule has 1 atom stereocenters. The summed E-state index contributed by atoms with van der Waals surface area (Å²) in [5.41, 5.74) is 0. The number of hydrogen-bond acceptors (Lipinski definition) is 4. The molecule has 0 spiro atoms. The number of aromatic amines is 1. The van der Waals surface area contributed by atoms with E-state index in [1.807, 2.05) is 0 Å². The highest BCUT2D eigenvalue weighted by atomic mass is 16.5. The Hall–Kier alpha value is -2.09. The van der Waals surface area contributed by atoms with E-state index in [1.54, 1.807) is 12.4 Å². The van der Waals surface area contributed by atoms with Crippen molar-refractivity contribution in [3.05, 3.63) is 18.2 Å². The number of urea groups is 1. The average molecular weight is 270 g/mol. The number of nitrogens with one attached hydrogen (secondary N) is 3. The fourth-order valence-electron chi connectivity index (χ4n) is 1.41. The van der Waals surface area contributed by atoms with Crippen LogP contribution < -0.4 is 10.6 Å². The molecule has 1 heterocycles. The normalized spacial score (nSPS) is 11.8. The lowest BCUT2D eigenvalue weighted by molar-refractivity contribution is -0.147. The van der Waals surface area contributed by atoms with Gasteiger partial charge in [0.05, 0.1) is 6.54 Å². The van der Waals surface area contributed by atoms with Gasteiger partial charge < -0.3 is 25.5 Å². The molecule has 0 saturated heterocycles. The van der Waals surface area contributed by atoms with Crippen molar-refractivity contribution in [1.82, 2.24) is 20.6 Å². The van der Waals surface area contributed by atoms with E-state index in [2.05, 4.69) is 25.3 Å². The van der Waals surface area contributed by atoms with E-state index in [0.29, 0.717) is 6.54 Å². The van der Waals surface area contributed by atoms with Crippen LogP contribution in [0.2, 0.25) is 0 Å². The fourth-order valence-corrected chi connectivity index (χ4v) is 1.41. The van der Waals surface area contributed by atoms with Gasteiger partial charge in [0, 0.05) is 32.5 Å². The number of carboxylic acids is 1. The first-order valence-electron chi connectivity index (χ1n) is 5.89. The van der Waals surface area contributed by atoms with Crippen LogP contribution in [0.25, 0.3) is 0 Å². The molecule has 0 aliphatic heterocycles. The predicted molar refractivity (Wildman–Crippen MR) is 66.7 cm³/mol. The van der Waals surface area contributed by atoms with Crippen LogP contribution >= 0.6 is 0 Å². The van der Waals surface area contributed by atoms with Crippen LogP contribution in [0.4, 0.5) is 4.79 Å². The summed E-state index contributed by atoms with van der Waals surface area (Å²) in [6.07, 6.45) is 3.86. The molecule has 0 radical (unpaired) electrons. The quantitative estimate of drug-likeness (QED) is 0.486. The van der Waals surface area contributed by atoms with Gasteiger partial charge in [0.25, 0.3) is 0 Å². The minimum Gasteiger partial charge on any atom is -0.479 e. The summed E-state index contributed by atoms with van der Waals surface area (Å²) < 4.78 is 4.68. The predicted octanol–water partition coefficient (Wildman–Crippen LogP) is -0.259. The summed E-state index contributed by atoms with van der Waals surface area (Å²) >= 11 is 0. The first-order chi connectivity index (χ1) is 9.13. The molecule has 2 amide bonds. The van der Waals surface area contributed by atoms with Crippen LogP contribution in [0.15, 0.2) is 12.4 Å². The summed E-state index contributed by atoms with van der Waals surface area (Å²) in [5.74, 6) is -0.242. The highest BCUT2D eigenvalue weighted by Crippen LogP contribution is 1.93. The van der Waals surface area contributed by atoms with Crippen LogP contribution in [0.5, 0.6) is 0 Å². The summed E-state index contributed by atoms with van der Waals surface area (Å²) in [7, 11) is 1.28. The number of aromatic nitrogens is 2. The van der Waals surface area contributed by atoms with E-state index in [0.717, 1.165) is 18.7 Å². The van der Waals surface area contributed by atoms with Crippen molar-refractivity contribution in [2.45, 2.75) is 18.9 Å². The average Bonchev–Trinajstić information content (AvgIpc) is 2.88. The van der Waals surface area contributed by atoms with Crippen molar-refractivity contribution in [2.75, 3.05) is 20.2 Å². The SMILES string of the molecule is COC(CNC(=O)NCCCc1ncc[nH]1)C(=O)O. The Morgan fingerprint density at radius 3 is 2.89 bits per heavy atom. The molecule has 8 heteroatoms. The van der Waals surface area contributed by atoms with Gasteiger partial charge in [-0.3, -0.25) is 0 Å². The Morgan fingerprint density at radius 2 is 2.32 bits per heavy atom. The topological polar surface area (TPSA) is 116 Å². The number of carboxylic acid groups (broad SMARTS) is 1. The van der Waals surface area contributed by atoms with Crippen LogP contribution in [0.1, 0.15) is 12.2 Å². The number of aliphatic carboxylic acids is 1. The highest BCUT2D eigenvalue weighted by Gasteiger charge is 2.16. The van der Waals surface area contributed by atoms with E-state index in [4.69, 9.17) is 5.11 Å². The molecule has 1 aromatic heterocycles. The third kappa shape index (κ3) is 5.87. The third-order valence-electron chi connectivity index (χ3n) is 2.44. The maximum absolute atomic E-state index is 11.4. The second-order valence-corrected chi connectivity index (χ2v) is 3.84. The second-order valence-electron chi connectivity index (χ2n) is 3.84. The van der Waals surface area contributed by atoms with Crippen molar-refractivity contribution in [2.24, 2.45) is 0 Å². The number of aryl methyl sites for hydroxylation is 1. The number of hydrogen-bond donors (Lipinski definition) is 4. The standard InChI is InChI=1S/C11H18N4O4/c1-19-8(10(16)17)7-15-11(18)14-4-2-3-9-12-5-6-13-9/h5-6,8H,2-4,7H2,1H3,(H,12,13)(H,16,17)(H2,14,15,18). The van der Waals surface area contributed by atoms with Gasteiger partial charge in [0.2, 0.25) is 0 Å². The molecule has 0 saturated carbocycles. The molecule has 0 fully saturated rings. The minimum absolute atomic E-state index is 0.0736. The number of amides is 2. The van der Waals surface area contributed by atoms with Crippen molar-refractivity contribution in [1.29, 1.82) is 0 Å². The zero-order valence-electron chi connectivity index (χ0n) is 10.7. The first-order valence-corrected chi connectivity index (χ1v) is 5.89. The van der Waals surface area contributed by atoms with Gasteiger partial charge in [-0.2, -0.15) is 0 Å². The number of H-pyrrole nitrogens is 1. The molecule has 0 aliphatic rings. The van der Waals surface area contributed by atoms with Crippen molar-refractivity contribution >= 4 is 12.0 Å². The maximum atomic E-state index is 11.4. The van der Waals surface area contributed by atoms with Gasteiger partial charge in [0.1, 0.15) is 5.82 Å². The van der Waals surface area contributed by atoms with E-state index < -0.39 is 18.1 Å². The van der Waals surface area contributed by atoms with E-state index >= 15 is 0 Å². The maximum Gasteiger partial charge on any atom is 0.334 e. The van der Waals surface area contributed by atoms with E-state index in [1.165, 1.54) is 7.11 Å². The van der Waals surface area contributed by atoms with Crippen molar-refractivity contribution < 1.29 is 19.4 Å². The minimum atomic E-state index is -1.11. The summed E-state index contributed by atoms with van der Waals surface area (Å²) in [6.45, 7) is 0.410. The smallest absolute Gasteiger partial charge is 0.334 e. The number of carbonyl (C=O) groups is 2. The summed E-state index contributed by atoms with van der Waals surface area (Å²) in [5, 5.41) is 13.8. The Balaban J connectivity index is 2.09. The molecule has 4 N–H and O–H groups in total. The number of carbonyl (C=O) groups excluding carboxylic acids is 1. The van der Waals surface area contributed by atoms with Crippen LogP contribution in [-0.4, -0.2) is 53.4 Å². The van der Waals surface area contributed by atoms with Gasteiger partial charge in [0.15, 0.2) is 6.10 Å². The van der Waals surface area contributed by atoms with E-state index in [-0.39, 0.29) is 6.54 Å². The number of methoxy groups -OCH3 is 1. The molecular formula is C11H18N4O4. The second kappa shape index (κ2) is 8.09. The molecule has 0 aliphatic carbocycles. The van der Waals surface area contributed by atoms with Crippen molar-refractivity contribution in [3.8, 4) is 0 Å². The van der Waals surface area contributed by atoms with Crippen molar-refractivity contribution in [3.63, 3.8) is 0 Å². The van der Waals surface area contributed by atoms with Gasteiger partial charge in [-0.1, -0.05) is 0 Å². The zero-order valence-corrected chi connectivity index (χ0v) is 10.7. The highest BCUT2D eigenvalue weighted by molar-refractivity contribution is 5.76. The fraction of sp³-hybridized carbons (Fsp3) is 0.545. The molecule has 1 rings (SSSR count). The van der Waals surface area contributed by atoms with Gasteiger partial charge in [-0.15, -0.1) is 0 Å². The Kier molecular flexibility index (Phi) is 6.37. The number of imidazole rings is 1. The molecule has 8 nitrogen and oxygen atoms in total. The number of ether oxygens (including phenoxy) is 1. The summed E-state index contributed by atoms with van der Waals surface area (Å²) in [4.78, 5) is 29.0. The molecular weight excluding hydrogens is 252 g/mol. The molecule has 0 bridgehead atoms. The van der Waals surface area contributed by atoms with Gasteiger partial charge in [-0.05, 0) is 6.42 Å². The third-order valence-corrected chi connectivity index (χ3v) is 2.44. The molecule has 106 valence electrons. The lowest BCUT2D eigenvalue weighted by Gasteiger charge is -2.12. The largest absolute Gasteiger partial charge is 0.479 e. The monoisotopic (exact) mass is 270 g/mol. The van der Waals surface area contributed by atoms with E-state index in [9.17, 15) is 9.59 Å². The number of nitrogens with zero attached hydrogens (tertiary/aromatic N) is 1. The first kappa shape index (κ1) is 15.0. The lowest BCUT2D eigenvalue weighted by Crippen LogP contribution is -2.43. The number of rotatable bonds is 8. The van der Waals surface area contributed by atoms with Gasteiger partial charge >= 0.3 is 12.0 Å². The molecule has 1 unspecified atom stereocenters. The summed E-state index contributed by atoms with van der Waals surface area (Å²) in [6, 6.07) is -0.414. The Morgan fingerprint density at radius 1 is 1.53 bits per heavy atom. The van der Waals surface area contributed by atoms with Crippen LogP contribution in [-0.2, 0) is 16.0 Å². The lowest BCUT2D eigenvalue weighted by atomic mass is 10.3. The molecule has 19 heavy (non-hydrogen) atoms. The van der Waals surface area contributed by atoms with Crippen LogP contribution in [0, 0.1) is 0 Å². The molecule has 1 aromatic rings. The van der Waals surface area contributed by atoms with Gasteiger partial charge in [-0.25, -0.2) is 14.6 Å². The Bertz CT molecular complexity index is 393. The van der Waals surface area contributed by atoms with Crippen LogP contribution in [0.3, 0.4) is 0 Å². The zero-order chi connectivity index (χ0) is 14.1.